The highest BCUT2D eigenvalue weighted by molar-refractivity contribution is 6.10. The summed E-state index contributed by atoms with van der Waals surface area (Å²) in [4.78, 5) is 0. The molecule has 0 aromatic rings. The van der Waals surface area contributed by atoms with E-state index in [2.05, 4.69) is 10.3 Å². The maximum absolute atomic E-state index is 9.74. The van der Waals surface area contributed by atoms with Crippen molar-refractivity contribution in [3.8, 4) is 0 Å². The van der Waals surface area contributed by atoms with Gasteiger partial charge in [0, 0.05) is 6.42 Å². The Morgan fingerprint density at radius 3 is 2.07 bits per heavy atom. The van der Waals surface area contributed by atoms with Gasteiger partial charge in [-0.1, -0.05) is 10.3 Å². The second kappa shape index (κ2) is 5.00. The van der Waals surface area contributed by atoms with Gasteiger partial charge in [0.1, 0.15) is 11.7 Å². The van der Waals surface area contributed by atoms with Crippen LogP contribution in [0.1, 0.15) is 12.8 Å². The zero-order chi connectivity index (χ0) is 12.1. The molecular formula is C6H14N6O3. The molecule has 9 heteroatoms. The van der Waals surface area contributed by atoms with Gasteiger partial charge in [0.05, 0.1) is 0 Å². The van der Waals surface area contributed by atoms with Crippen LogP contribution < -0.4 is 17.2 Å². The molecule has 0 saturated heterocycles. The fourth-order valence-corrected chi connectivity index (χ4v) is 0.842. The van der Waals surface area contributed by atoms with Crippen LogP contribution in [0.15, 0.2) is 10.3 Å². The maximum Gasteiger partial charge on any atom is 0.182 e. The highest BCUT2D eigenvalue weighted by atomic mass is 16.4. The number of hydrogen-bond donors (Lipinski definition) is 7. The van der Waals surface area contributed by atoms with Gasteiger partial charge >= 0.3 is 0 Å². The van der Waals surface area contributed by atoms with Crippen LogP contribution in [0.2, 0.25) is 0 Å². The van der Waals surface area contributed by atoms with E-state index in [1.54, 1.807) is 0 Å². The Morgan fingerprint density at radius 2 is 1.73 bits per heavy atom. The lowest BCUT2D eigenvalue weighted by Gasteiger charge is -2.24. The van der Waals surface area contributed by atoms with Crippen LogP contribution in [0.4, 0.5) is 0 Å². The summed E-state index contributed by atoms with van der Waals surface area (Å²) in [6.45, 7) is 0. The van der Waals surface area contributed by atoms with Crippen molar-refractivity contribution in [1.82, 2.24) is 0 Å². The van der Waals surface area contributed by atoms with E-state index in [9.17, 15) is 5.11 Å². The molecule has 0 aliphatic carbocycles. The van der Waals surface area contributed by atoms with Gasteiger partial charge in [0.2, 0.25) is 0 Å². The summed E-state index contributed by atoms with van der Waals surface area (Å²) < 4.78 is 0. The van der Waals surface area contributed by atoms with E-state index in [1.165, 1.54) is 0 Å². The van der Waals surface area contributed by atoms with Gasteiger partial charge < -0.3 is 32.7 Å². The Morgan fingerprint density at radius 1 is 1.20 bits per heavy atom. The van der Waals surface area contributed by atoms with Crippen LogP contribution in [-0.4, -0.2) is 38.6 Å². The summed E-state index contributed by atoms with van der Waals surface area (Å²) in [5, 5.41) is 38.7. The molecule has 0 aromatic carbocycles. The lowest BCUT2D eigenvalue weighted by atomic mass is 9.95. The molecule has 0 aliphatic heterocycles. The standard InChI is InChI=1S/C6H14N6O3/c7-3(11-14)1-2-6(13,4(8)9)5(10)12-15/h13-15H,1-2H2,(H2,7,11)(H3,8,9)(H2,10,12). The first-order valence-electron chi connectivity index (χ1n) is 3.89. The summed E-state index contributed by atoms with van der Waals surface area (Å²) in [5.74, 6) is -1.48. The second-order valence-corrected chi connectivity index (χ2v) is 2.85. The number of hydrogen-bond acceptors (Lipinski definition) is 6. The largest absolute Gasteiger partial charge is 0.409 e. The topological polar surface area (TPSA) is 187 Å². The lowest BCUT2D eigenvalue weighted by molar-refractivity contribution is 0.164. The average Bonchev–Trinajstić information content (AvgIpc) is 2.23. The maximum atomic E-state index is 9.74. The Hall–Kier alpha value is -2.03. The van der Waals surface area contributed by atoms with Crippen LogP contribution in [0, 0.1) is 5.41 Å². The van der Waals surface area contributed by atoms with Crippen LogP contribution in [0.5, 0.6) is 0 Å². The van der Waals surface area contributed by atoms with Crippen LogP contribution in [0.3, 0.4) is 0 Å². The molecule has 0 radical (unpaired) electrons. The van der Waals surface area contributed by atoms with E-state index in [-0.39, 0.29) is 18.7 Å². The molecular weight excluding hydrogens is 204 g/mol. The molecule has 0 rings (SSSR count). The molecule has 9 nitrogen and oxygen atoms in total. The molecule has 86 valence electrons. The Balaban J connectivity index is 4.76. The monoisotopic (exact) mass is 218 g/mol. The fraction of sp³-hybridized carbons (Fsp3) is 0.500. The number of oxime groups is 2. The van der Waals surface area contributed by atoms with E-state index in [0.717, 1.165) is 0 Å². The van der Waals surface area contributed by atoms with Gasteiger partial charge in [-0.2, -0.15) is 0 Å². The van der Waals surface area contributed by atoms with Gasteiger partial charge in [-0.3, -0.25) is 5.41 Å². The van der Waals surface area contributed by atoms with Crippen LogP contribution in [0.25, 0.3) is 0 Å². The predicted octanol–water partition coefficient (Wildman–Crippen LogP) is -2.07. The zero-order valence-electron chi connectivity index (χ0n) is 7.88. The number of rotatable bonds is 5. The van der Waals surface area contributed by atoms with Crippen molar-refractivity contribution in [2.45, 2.75) is 18.4 Å². The molecule has 15 heavy (non-hydrogen) atoms. The number of aliphatic hydroxyl groups is 1. The first kappa shape index (κ1) is 13.0. The van der Waals surface area contributed by atoms with Crippen molar-refractivity contribution in [3.05, 3.63) is 0 Å². The third-order valence-corrected chi connectivity index (χ3v) is 1.85. The van der Waals surface area contributed by atoms with E-state index >= 15 is 0 Å². The predicted molar refractivity (Wildman–Crippen MR) is 52.9 cm³/mol. The highest BCUT2D eigenvalue weighted by Crippen LogP contribution is 2.13. The van der Waals surface area contributed by atoms with Crippen LogP contribution in [-0.2, 0) is 0 Å². The van der Waals surface area contributed by atoms with Gasteiger partial charge in [-0.05, 0) is 6.42 Å². The minimum Gasteiger partial charge on any atom is -0.409 e. The van der Waals surface area contributed by atoms with E-state index in [4.69, 9.17) is 33.0 Å². The number of nitrogens with zero attached hydrogens (tertiary/aromatic N) is 2. The summed E-state index contributed by atoms with van der Waals surface area (Å²) >= 11 is 0. The molecule has 10 N–H and O–H groups in total. The van der Waals surface area contributed by atoms with E-state index < -0.39 is 17.3 Å². The van der Waals surface area contributed by atoms with Crippen molar-refractivity contribution in [2.75, 3.05) is 0 Å². The first-order chi connectivity index (χ1) is 6.88. The van der Waals surface area contributed by atoms with Crippen molar-refractivity contribution in [1.29, 1.82) is 5.41 Å². The number of nitrogens with two attached hydrogens (primary N) is 3. The molecule has 1 atom stereocenters. The van der Waals surface area contributed by atoms with Gasteiger partial charge in [0.15, 0.2) is 11.4 Å². The lowest BCUT2D eigenvalue weighted by Crippen LogP contribution is -2.54. The molecule has 0 saturated carbocycles. The number of amidine groups is 3. The smallest absolute Gasteiger partial charge is 0.182 e. The Kier molecular flexibility index (Phi) is 4.33. The molecule has 1 unspecified atom stereocenters. The van der Waals surface area contributed by atoms with Crippen LogP contribution >= 0.6 is 0 Å². The summed E-state index contributed by atoms with van der Waals surface area (Å²) in [7, 11) is 0. The zero-order valence-corrected chi connectivity index (χ0v) is 7.88. The Labute approximate surface area is 85.4 Å². The summed E-state index contributed by atoms with van der Waals surface area (Å²) in [5.41, 5.74) is 13.3. The minimum atomic E-state index is -2.09. The first-order valence-corrected chi connectivity index (χ1v) is 3.89. The highest BCUT2D eigenvalue weighted by Gasteiger charge is 2.36. The molecule has 0 aromatic heterocycles. The second-order valence-electron chi connectivity index (χ2n) is 2.85. The van der Waals surface area contributed by atoms with E-state index in [0.29, 0.717) is 0 Å². The molecule has 0 bridgehead atoms. The average molecular weight is 218 g/mol. The quantitative estimate of drug-likeness (QED) is 0.120. The van der Waals surface area contributed by atoms with Gasteiger partial charge in [-0.25, -0.2) is 0 Å². The number of nitrogens with one attached hydrogen (secondary N) is 1. The normalized spacial score (nSPS) is 17.1. The third kappa shape index (κ3) is 2.98. The van der Waals surface area contributed by atoms with Crippen molar-refractivity contribution < 1.29 is 15.5 Å². The van der Waals surface area contributed by atoms with Crippen molar-refractivity contribution >= 4 is 17.5 Å². The molecule has 0 fully saturated rings. The van der Waals surface area contributed by atoms with E-state index in [1.807, 2.05) is 0 Å². The molecule has 0 amide bonds. The molecule has 0 aliphatic rings. The minimum absolute atomic E-state index is 0.0667. The molecule has 0 spiro atoms. The fourth-order valence-electron chi connectivity index (χ4n) is 0.842. The summed E-state index contributed by atoms with van der Waals surface area (Å²) in [6.07, 6.45) is -0.295. The SMILES string of the molecule is N=C(N)C(O)(CCC(N)=NO)C(N)=NO. The van der Waals surface area contributed by atoms with Crippen molar-refractivity contribution in [3.63, 3.8) is 0 Å². The Bertz CT molecular complexity index is 301. The van der Waals surface area contributed by atoms with Crippen molar-refractivity contribution in [2.24, 2.45) is 27.5 Å². The summed E-state index contributed by atoms with van der Waals surface area (Å²) in [6, 6.07) is 0. The van der Waals surface area contributed by atoms with Gasteiger partial charge in [-0.15, -0.1) is 0 Å². The third-order valence-electron chi connectivity index (χ3n) is 1.85. The molecule has 0 heterocycles. The van der Waals surface area contributed by atoms with Gasteiger partial charge in [0.25, 0.3) is 0 Å².